The van der Waals surface area contributed by atoms with Crippen LogP contribution in [0.1, 0.15) is 39.0 Å². The summed E-state index contributed by atoms with van der Waals surface area (Å²) in [6.45, 7) is 1.43. The van der Waals surface area contributed by atoms with Crippen molar-refractivity contribution in [2.75, 3.05) is 16.0 Å². The molecule has 7 heteroatoms. The Kier molecular flexibility index (Phi) is 6.49. The quantitative estimate of drug-likeness (QED) is 0.614. The maximum absolute atomic E-state index is 13.0. The van der Waals surface area contributed by atoms with Crippen molar-refractivity contribution in [3.63, 3.8) is 0 Å². The van der Waals surface area contributed by atoms with Crippen molar-refractivity contribution in [3.8, 4) is 0 Å². The minimum atomic E-state index is -0.877. The SMILES string of the molecule is CC(=O)NC1(C(=O)Nc2cccc(NC(=O)Nc3ccccc3)c2)CCCCC1. The van der Waals surface area contributed by atoms with Crippen LogP contribution in [-0.4, -0.2) is 23.4 Å². The molecule has 0 aliphatic heterocycles. The first-order valence-corrected chi connectivity index (χ1v) is 9.80. The lowest BCUT2D eigenvalue weighted by atomic mass is 9.80. The third kappa shape index (κ3) is 5.57. The van der Waals surface area contributed by atoms with Gasteiger partial charge in [0.1, 0.15) is 5.54 Å². The molecule has 0 saturated heterocycles. The highest BCUT2D eigenvalue weighted by Crippen LogP contribution is 2.30. The van der Waals surface area contributed by atoms with Crippen molar-refractivity contribution in [2.45, 2.75) is 44.6 Å². The number of hydrogen-bond donors (Lipinski definition) is 4. The number of rotatable bonds is 5. The number of carbonyl (C=O) groups excluding carboxylic acids is 3. The molecule has 0 bridgehead atoms. The van der Waals surface area contributed by atoms with Gasteiger partial charge in [0.15, 0.2) is 0 Å². The highest BCUT2D eigenvalue weighted by Gasteiger charge is 2.40. The molecule has 0 unspecified atom stereocenters. The molecule has 7 nitrogen and oxygen atoms in total. The number of para-hydroxylation sites is 1. The number of urea groups is 1. The van der Waals surface area contributed by atoms with Crippen LogP contribution in [0.25, 0.3) is 0 Å². The molecule has 2 aromatic rings. The molecule has 0 radical (unpaired) electrons. The van der Waals surface area contributed by atoms with Crippen LogP contribution in [0.2, 0.25) is 0 Å². The molecule has 3 rings (SSSR count). The van der Waals surface area contributed by atoms with Gasteiger partial charge in [0.2, 0.25) is 11.8 Å². The summed E-state index contributed by atoms with van der Waals surface area (Å²) >= 11 is 0. The molecule has 0 aromatic heterocycles. The largest absolute Gasteiger partial charge is 0.342 e. The van der Waals surface area contributed by atoms with Crippen LogP contribution in [0.5, 0.6) is 0 Å². The van der Waals surface area contributed by atoms with E-state index in [9.17, 15) is 14.4 Å². The van der Waals surface area contributed by atoms with Crippen molar-refractivity contribution in [3.05, 3.63) is 54.6 Å². The summed E-state index contributed by atoms with van der Waals surface area (Å²) in [7, 11) is 0. The predicted octanol–water partition coefficient (Wildman–Crippen LogP) is 4.11. The van der Waals surface area contributed by atoms with Gasteiger partial charge in [-0.25, -0.2) is 4.79 Å². The van der Waals surface area contributed by atoms with E-state index in [0.717, 1.165) is 19.3 Å². The Bertz CT molecular complexity index is 877. The summed E-state index contributed by atoms with van der Waals surface area (Å²) in [6.07, 6.45) is 4.10. The third-order valence-electron chi connectivity index (χ3n) is 4.97. The van der Waals surface area contributed by atoms with Gasteiger partial charge >= 0.3 is 6.03 Å². The van der Waals surface area contributed by atoms with Crippen molar-refractivity contribution < 1.29 is 14.4 Å². The lowest BCUT2D eigenvalue weighted by Gasteiger charge is -2.36. The highest BCUT2D eigenvalue weighted by atomic mass is 16.2. The molecule has 2 aromatic carbocycles. The van der Waals surface area contributed by atoms with Crippen LogP contribution in [0.4, 0.5) is 21.9 Å². The maximum atomic E-state index is 13.0. The van der Waals surface area contributed by atoms with Gasteiger partial charge in [-0.15, -0.1) is 0 Å². The van der Waals surface area contributed by atoms with Crippen LogP contribution >= 0.6 is 0 Å². The highest BCUT2D eigenvalue weighted by molar-refractivity contribution is 6.02. The number of amides is 4. The van der Waals surface area contributed by atoms with E-state index in [1.54, 1.807) is 36.4 Å². The smallest absolute Gasteiger partial charge is 0.323 e. The van der Waals surface area contributed by atoms with Crippen LogP contribution < -0.4 is 21.3 Å². The molecule has 1 aliphatic carbocycles. The van der Waals surface area contributed by atoms with Crippen LogP contribution in [-0.2, 0) is 9.59 Å². The number of anilines is 3. The van der Waals surface area contributed by atoms with E-state index in [2.05, 4.69) is 21.3 Å². The fourth-order valence-corrected chi connectivity index (χ4v) is 3.64. The molecule has 0 atom stereocenters. The van der Waals surface area contributed by atoms with Gasteiger partial charge in [-0.2, -0.15) is 0 Å². The predicted molar refractivity (Wildman–Crippen MR) is 114 cm³/mol. The standard InChI is InChI=1S/C22H26N4O3/c1-16(27)26-22(13-6-3-7-14-22)20(28)23-18-11-8-12-19(15-18)25-21(29)24-17-9-4-2-5-10-17/h2,4-5,8-12,15H,3,6-7,13-14H2,1H3,(H,23,28)(H,26,27)(H2,24,25,29). The molecule has 4 amide bonds. The zero-order valence-corrected chi connectivity index (χ0v) is 16.5. The van der Waals surface area contributed by atoms with Crippen molar-refractivity contribution in [2.24, 2.45) is 0 Å². The van der Waals surface area contributed by atoms with Crippen LogP contribution in [0, 0.1) is 0 Å². The van der Waals surface area contributed by atoms with Gasteiger partial charge in [0.05, 0.1) is 0 Å². The Balaban J connectivity index is 1.66. The normalized spacial score (nSPS) is 15.1. The van der Waals surface area contributed by atoms with Crippen LogP contribution in [0.3, 0.4) is 0 Å². The first kappa shape index (κ1) is 20.4. The van der Waals surface area contributed by atoms with Gasteiger partial charge < -0.3 is 21.3 Å². The molecule has 1 saturated carbocycles. The van der Waals surface area contributed by atoms with E-state index in [1.807, 2.05) is 18.2 Å². The van der Waals surface area contributed by atoms with Gasteiger partial charge in [-0.3, -0.25) is 9.59 Å². The zero-order chi connectivity index (χ0) is 20.7. The summed E-state index contributed by atoms with van der Waals surface area (Å²) in [5, 5.41) is 11.3. The zero-order valence-electron chi connectivity index (χ0n) is 16.5. The summed E-state index contributed by atoms with van der Waals surface area (Å²) in [4.78, 5) is 36.8. The molecule has 0 spiro atoms. The number of benzene rings is 2. The maximum Gasteiger partial charge on any atom is 0.323 e. The Hall–Kier alpha value is -3.35. The average molecular weight is 394 g/mol. The second-order valence-corrected chi connectivity index (χ2v) is 7.30. The van der Waals surface area contributed by atoms with Crippen molar-refractivity contribution >= 4 is 34.9 Å². The van der Waals surface area contributed by atoms with Gasteiger partial charge in [0.25, 0.3) is 0 Å². The molecule has 4 N–H and O–H groups in total. The average Bonchev–Trinajstić information content (AvgIpc) is 2.69. The van der Waals surface area contributed by atoms with Crippen molar-refractivity contribution in [1.82, 2.24) is 5.32 Å². The monoisotopic (exact) mass is 394 g/mol. The lowest BCUT2D eigenvalue weighted by Crippen LogP contribution is -2.57. The van der Waals surface area contributed by atoms with E-state index < -0.39 is 5.54 Å². The van der Waals surface area contributed by atoms with Gasteiger partial charge in [-0.05, 0) is 43.2 Å². The van der Waals surface area contributed by atoms with E-state index in [0.29, 0.717) is 29.9 Å². The topological polar surface area (TPSA) is 99.3 Å². The van der Waals surface area contributed by atoms with Gasteiger partial charge in [-0.1, -0.05) is 43.5 Å². The van der Waals surface area contributed by atoms with E-state index in [1.165, 1.54) is 6.92 Å². The Morgan fingerprint density at radius 2 is 1.34 bits per heavy atom. The Morgan fingerprint density at radius 3 is 2.00 bits per heavy atom. The fraction of sp³-hybridized carbons (Fsp3) is 0.318. The van der Waals surface area contributed by atoms with E-state index >= 15 is 0 Å². The molecule has 29 heavy (non-hydrogen) atoms. The first-order valence-electron chi connectivity index (χ1n) is 9.80. The number of nitrogens with one attached hydrogen (secondary N) is 4. The Labute approximate surface area is 170 Å². The summed E-state index contributed by atoms with van der Waals surface area (Å²) in [5.41, 5.74) is 0.915. The lowest BCUT2D eigenvalue weighted by molar-refractivity contribution is -0.130. The van der Waals surface area contributed by atoms with Crippen LogP contribution in [0.15, 0.2) is 54.6 Å². The molecule has 152 valence electrons. The van der Waals surface area contributed by atoms with Gasteiger partial charge in [0, 0.05) is 24.0 Å². The molecular formula is C22H26N4O3. The molecule has 1 fully saturated rings. The summed E-state index contributed by atoms with van der Waals surface area (Å²) < 4.78 is 0. The minimum absolute atomic E-state index is 0.213. The fourth-order valence-electron chi connectivity index (χ4n) is 3.64. The van der Waals surface area contributed by atoms with Crippen molar-refractivity contribution in [1.29, 1.82) is 0 Å². The minimum Gasteiger partial charge on any atom is -0.342 e. The summed E-state index contributed by atoms with van der Waals surface area (Å²) in [6, 6.07) is 15.7. The number of carbonyl (C=O) groups is 3. The molecular weight excluding hydrogens is 368 g/mol. The van der Waals surface area contributed by atoms with E-state index in [-0.39, 0.29) is 17.8 Å². The second kappa shape index (κ2) is 9.23. The van der Waals surface area contributed by atoms with E-state index in [4.69, 9.17) is 0 Å². The third-order valence-corrected chi connectivity index (χ3v) is 4.97. The second-order valence-electron chi connectivity index (χ2n) is 7.30. The number of hydrogen-bond acceptors (Lipinski definition) is 3. The first-order chi connectivity index (χ1) is 14.0. The summed E-state index contributed by atoms with van der Waals surface area (Å²) in [5.74, 6) is -0.437. The molecule has 1 aliphatic rings. The molecule has 0 heterocycles. The Morgan fingerprint density at radius 1 is 0.759 bits per heavy atom.